The van der Waals surface area contributed by atoms with Gasteiger partial charge in [0, 0.05) is 19.0 Å². The molecular formula is C7H12N2O2S. The zero-order chi connectivity index (χ0) is 9.19. The maximum atomic E-state index is 11.2. The van der Waals surface area contributed by atoms with Crippen molar-refractivity contribution in [2.45, 2.75) is 13.0 Å². The Hall–Kier alpha value is -0.680. The molecule has 0 bridgehead atoms. The standard InChI is InChI=1S/C7H12N2O2S/c1-3-9(12(2,10)11)7-4-5-8-6-7/h4-7H,3H2,1-2H3. The van der Waals surface area contributed by atoms with Crippen LogP contribution in [0.5, 0.6) is 0 Å². The monoisotopic (exact) mass is 188 g/mol. The van der Waals surface area contributed by atoms with Crippen molar-refractivity contribution in [1.82, 2.24) is 4.31 Å². The van der Waals surface area contributed by atoms with Crippen LogP contribution in [0.4, 0.5) is 0 Å². The fraction of sp³-hybridized carbons (Fsp3) is 0.571. The third-order valence-electron chi connectivity index (χ3n) is 1.68. The van der Waals surface area contributed by atoms with E-state index < -0.39 is 10.0 Å². The quantitative estimate of drug-likeness (QED) is 0.636. The van der Waals surface area contributed by atoms with Crippen molar-refractivity contribution in [2.75, 3.05) is 12.8 Å². The van der Waals surface area contributed by atoms with Crippen LogP contribution in [0.2, 0.25) is 0 Å². The second-order valence-corrected chi connectivity index (χ2v) is 4.53. The highest BCUT2D eigenvalue weighted by Gasteiger charge is 2.22. The highest BCUT2D eigenvalue weighted by Crippen LogP contribution is 2.08. The van der Waals surface area contributed by atoms with E-state index in [4.69, 9.17) is 0 Å². The van der Waals surface area contributed by atoms with Crippen molar-refractivity contribution >= 4 is 16.2 Å². The fourth-order valence-electron chi connectivity index (χ4n) is 1.16. The van der Waals surface area contributed by atoms with E-state index in [1.54, 1.807) is 25.4 Å². The van der Waals surface area contributed by atoms with Crippen LogP contribution in [0.25, 0.3) is 0 Å². The minimum Gasteiger partial charge on any atom is -0.267 e. The minimum atomic E-state index is -3.11. The predicted octanol–water partition coefficient (Wildman–Crippen LogP) is 0.235. The summed E-state index contributed by atoms with van der Waals surface area (Å²) in [4.78, 5) is 3.84. The van der Waals surface area contributed by atoms with Gasteiger partial charge in [-0.2, -0.15) is 4.31 Å². The van der Waals surface area contributed by atoms with E-state index in [2.05, 4.69) is 4.99 Å². The maximum Gasteiger partial charge on any atom is 0.212 e. The van der Waals surface area contributed by atoms with Crippen LogP contribution in [0.3, 0.4) is 0 Å². The van der Waals surface area contributed by atoms with Crippen molar-refractivity contribution in [3.8, 4) is 0 Å². The van der Waals surface area contributed by atoms with Gasteiger partial charge in [-0.05, 0) is 6.08 Å². The zero-order valence-electron chi connectivity index (χ0n) is 7.14. The van der Waals surface area contributed by atoms with Gasteiger partial charge in [0.15, 0.2) is 0 Å². The Morgan fingerprint density at radius 2 is 2.25 bits per heavy atom. The minimum absolute atomic E-state index is 0.190. The summed E-state index contributed by atoms with van der Waals surface area (Å²) in [6, 6.07) is -0.190. The average molecular weight is 188 g/mol. The topological polar surface area (TPSA) is 49.7 Å². The molecule has 0 radical (unpaired) electrons. The van der Waals surface area contributed by atoms with Crippen LogP contribution >= 0.6 is 0 Å². The summed E-state index contributed by atoms with van der Waals surface area (Å²) in [5, 5.41) is 0. The van der Waals surface area contributed by atoms with E-state index >= 15 is 0 Å². The second kappa shape index (κ2) is 3.37. The molecule has 0 aliphatic carbocycles. The van der Waals surface area contributed by atoms with E-state index in [1.807, 2.05) is 0 Å². The number of nitrogens with zero attached hydrogens (tertiary/aromatic N) is 2. The molecule has 0 saturated carbocycles. The lowest BCUT2D eigenvalue weighted by Crippen LogP contribution is -2.38. The summed E-state index contributed by atoms with van der Waals surface area (Å²) in [7, 11) is -3.11. The van der Waals surface area contributed by atoms with Gasteiger partial charge in [0.1, 0.15) is 0 Å². The number of sulfonamides is 1. The summed E-state index contributed by atoms with van der Waals surface area (Å²) in [5.74, 6) is 0. The highest BCUT2D eigenvalue weighted by atomic mass is 32.2. The highest BCUT2D eigenvalue weighted by molar-refractivity contribution is 7.88. The van der Waals surface area contributed by atoms with E-state index in [0.717, 1.165) is 0 Å². The van der Waals surface area contributed by atoms with Crippen molar-refractivity contribution in [3.05, 3.63) is 12.3 Å². The normalized spacial score (nSPS) is 22.4. The van der Waals surface area contributed by atoms with Gasteiger partial charge in [-0.3, -0.25) is 4.99 Å². The Labute approximate surface area is 72.6 Å². The van der Waals surface area contributed by atoms with Gasteiger partial charge in [0.25, 0.3) is 0 Å². The molecule has 0 N–H and O–H groups in total. The molecule has 1 unspecified atom stereocenters. The van der Waals surface area contributed by atoms with Gasteiger partial charge in [-0.25, -0.2) is 8.42 Å². The molecule has 0 fully saturated rings. The Morgan fingerprint density at radius 1 is 1.58 bits per heavy atom. The Morgan fingerprint density at radius 3 is 2.58 bits per heavy atom. The molecule has 1 heterocycles. The van der Waals surface area contributed by atoms with Crippen LogP contribution in [0, 0.1) is 0 Å². The third kappa shape index (κ3) is 1.92. The third-order valence-corrected chi connectivity index (χ3v) is 3.03. The molecule has 1 atom stereocenters. The molecular weight excluding hydrogens is 176 g/mol. The first-order chi connectivity index (χ1) is 5.55. The molecule has 1 rings (SSSR count). The summed E-state index contributed by atoms with van der Waals surface area (Å²) >= 11 is 0. The first kappa shape index (κ1) is 9.41. The van der Waals surface area contributed by atoms with Crippen molar-refractivity contribution in [3.63, 3.8) is 0 Å². The van der Waals surface area contributed by atoms with E-state index in [-0.39, 0.29) is 6.04 Å². The van der Waals surface area contributed by atoms with Crippen molar-refractivity contribution in [2.24, 2.45) is 4.99 Å². The van der Waals surface area contributed by atoms with E-state index in [1.165, 1.54) is 10.6 Å². The smallest absolute Gasteiger partial charge is 0.212 e. The molecule has 12 heavy (non-hydrogen) atoms. The first-order valence-corrected chi connectivity index (χ1v) is 5.57. The molecule has 1 aliphatic heterocycles. The van der Waals surface area contributed by atoms with Gasteiger partial charge < -0.3 is 0 Å². The number of likely N-dealkylation sites (N-methyl/N-ethyl adjacent to an activating group) is 1. The SMILES string of the molecule is CCN(C1C=CN=C1)S(C)(=O)=O. The molecule has 0 spiro atoms. The van der Waals surface area contributed by atoms with Crippen LogP contribution in [-0.2, 0) is 10.0 Å². The Bertz CT molecular complexity index is 293. The largest absolute Gasteiger partial charge is 0.267 e. The molecule has 0 aromatic rings. The van der Waals surface area contributed by atoms with Gasteiger partial charge >= 0.3 is 0 Å². The number of hydrogen-bond donors (Lipinski definition) is 0. The van der Waals surface area contributed by atoms with E-state index in [0.29, 0.717) is 6.54 Å². The number of rotatable bonds is 3. The first-order valence-electron chi connectivity index (χ1n) is 3.72. The lowest BCUT2D eigenvalue weighted by Gasteiger charge is -2.20. The summed E-state index contributed by atoms with van der Waals surface area (Å²) in [6.07, 6.45) is 6.18. The van der Waals surface area contributed by atoms with Crippen LogP contribution < -0.4 is 0 Å². The van der Waals surface area contributed by atoms with Gasteiger partial charge in [0.05, 0.1) is 12.3 Å². The van der Waals surface area contributed by atoms with Gasteiger partial charge in [-0.1, -0.05) is 6.92 Å². The molecule has 68 valence electrons. The molecule has 0 saturated heterocycles. The molecule has 1 aliphatic rings. The number of aliphatic imine (C=N–C) groups is 1. The van der Waals surface area contributed by atoms with Crippen LogP contribution in [0.15, 0.2) is 17.3 Å². The van der Waals surface area contributed by atoms with Gasteiger partial charge in [-0.15, -0.1) is 0 Å². The lowest BCUT2D eigenvalue weighted by atomic mass is 10.3. The maximum absolute atomic E-state index is 11.2. The van der Waals surface area contributed by atoms with E-state index in [9.17, 15) is 8.42 Å². The summed E-state index contributed by atoms with van der Waals surface area (Å²) in [5.41, 5.74) is 0. The molecule has 0 aromatic carbocycles. The summed E-state index contributed by atoms with van der Waals surface area (Å²) < 4.78 is 23.7. The van der Waals surface area contributed by atoms with Crippen LogP contribution in [0.1, 0.15) is 6.92 Å². The lowest BCUT2D eigenvalue weighted by molar-refractivity contribution is 0.437. The molecule has 4 nitrogen and oxygen atoms in total. The Balaban J connectivity index is 2.83. The zero-order valence-corrected chi connectivity index (χ0v) is 7.95. The van der Waals surface area contributed by atoms with Crippen molar-refractivity contribution in [1.29, 1.82) is 0 Å². The van der Waals surface area contributed by atoms with Crippen LogP contribution in [-0.4, -0.2) is 37.8 Å². The second-order valence-electron chi connectivity index (χ2n) is 2.60. The molecule has 5 heteroatoms. The average Bonchev–Trinajstić information content (AvgIpc) is 2.38. The van der Waals surface area contributed by atoms with Gasteiger partial charge in [0.2, 0.25) is 10.0 Å². The Kier molecular flexibility index (Phi) is 2.64. The fourth-order valence-corrected chi connectivity index (χ4v) is 2.20. The molecule has 0 amide bonds. The number of hydrogen-bond acceptors (Lipinski definition) is 3. The molecule has 0 aromatic heterocycles. The summed E-state index contributed by atoms with van der Waals surface area (Å²) in [6.45, 7) is 2.28. The van der Waals surface area contributed by atoms with Crippen molar-refractivity contribution < 1.29 is 8.42 Å². The predicted molar refractivity (Wildman–Crippen MR) is 48.6 cm³/mol.